The molecule has 23 heavy (non-hydrogen) atoms. The van der Waals surface area contributed by atoms with Gasteiger partial charge < -0.3 is 24.5 Å². The second-order valence-electron chi connectivity index (χ2n) is 7.32. The van der Waals surface area contributed by atoms with Gasteiger partial charge in [0.05, 0.1) is 30.1 Å². The van der Waals surface area contributed by atoms with Crippen LogP contribution in [0.1, 0.15) is 40.5 Å². The molecule has 0 unspecified atom stereocenters. The van der Waals surface area contributed by atoms with E-state index in [4.69, 9.17) is 24.5 Å². The number of nitrogen functional groups attached to an aromatic ring is 1. The molecule has 0 bridgehead atoms. The van der Waals surface area contributed by atoms with Gasteiger partial charge in [-0.25, -0.2) is 0 Å². The second kappa shape index (κ2) is 6.00. The van der Waals surface area contributed by atoms with E-state index in [1.54, 1.807) is 0 Å². The van der Waals surface area contributed by atoms with Crippen LogP contribution >= 0.6 is 0 Å². The van der Waals surface area contributed by atoms with E-state index < -0.39 is 7.12 Å². The van der Waals surface area contributed by atoms with Gasteiger partial charge in [-0.3, -0.25) is 0 Å². The molecule has 0 aromatic heterocycles. The Kier molecular flexibility index (Phi) is 4.34. The topological polar surface area (TPSA) is 62.9 Å². The fraction of sp³-hybridized carbons (Fsp3) is 0.647. The first-order chi connectivity index (χ1) is 10.8. The van der Waals surface area contributed by atoms with Crippen LogP contribution < -0.4 is 15.9 Å². The van der Waals surface area contributed by atoms with Crippen LogP contribution in [0.25, 0.3) is 0 Å². The van der Waals surface area contributed by atoms with Crippen molar-refractivity contribution < 1.29 is 18.8 Å². The summed E-state index contributed by atoms with van der Waals surface area (Å²) in [6.45, 7) is 9.66. The number of rotatable bonds is 3. The van der Waals surface area contributed by atoms with Crippen molar-refractivity contribution >= 4 is 18.3 Å². The first-order valence-electron chi connectivity index (χ1n) is 8.28. The highest BCUT2D eigenvalue weighted by atomic mass is 16.7. The summed E-state index contributed by atoms with van der Waals surface area (Å²) in [4.78, 5) is 0. The van der Waals surface area contributed by atoms with Crippen LogP contribution in [0.5, 0.6) is 5.75 Å². The Balaban J connectivity index is 1.72. The van der Waals surface area contributed by atoms with Gasteiger partial charge in [0.25, 0.3) is 0 Å². The van der Waals surface area contributed by atoms with Crippen molar-refractivity contribution in [3.8, 4) is 5.75 Å². The third-order valence-corrected chi connectivity index (χ3v) is 5.02. The van der Waals surface area contributed by atoms with Gasteiger partial charge in [0, 0.05) is 12.8 Å². The van der Waals surface area contributed by atoms with Crippen molar-refractivity contribution in [2.24, 2.45) is 0 Å². The minimum absolute atomic E-state index is 0.175. The van der Waals surface area contributed by atoms with E-state index in [9.17, 15) is 0 Å². The van der Waals surface area contributed by atoms with Crippen molar-refractivity contribution in [1.29, 1.82) is 0 Å². The van der Waals surface area contributed by atoms with Crippen LogP contribution in [0.3, 0.4) is 0 Å². The van der Waals surface area contributed by atoms with Crippen LogP contribution in [-0.4, -0.2) is 37.6 Å². The fourth-order valence-corrected chi connectivity index (χ4v) is 2.77. The molecule has 5 nitrogen and oxygen atoms in total. The van der Waals surface area contributed by atoms with Gasteiger partial charge in [-0.05, 0) is 45.3 Å². The average Bonchev–Trinajstić information content (AvgIpc) is 2.71. The van der Waals surface area contributed by atoms with Gasteiger partial charge >= 0.3 is 7.12 Å². The Morgan fingerprint density at radius 2 is 1.70 bits per heavy atom. The third kappa shape index (κ3) is 3.34. The van der Waals surface area contributed by atoms with Crippen LogP contribution in [0.15, 0.2) is 18.2 Å². The van der Waals surface area contributed by atoms with E-state index in [0.717, 1.165) is 37.3 Å². The molecular formula is C17H26BNO4. The van der Waals surface area contributed by atoms with E-state index in [-0.39, 0.29) is 17.3 Å². The molecule has 2 saturated heterocycles. The Hall–Kier alpha value is -1.24. The smallest absolute Gasteiger partial charge is 0.488 e. The highest BCUT2D eigenvalue weighted by molar-refractivity contribution is 6.62. The molecule has 0 amide bonds. The monoisotopic (exact) mass is 319 g/mol. The van der Waals surface area contributed by atoms with Gasteiger partial charge in [-0.1, -0.05) is 6.07 Å². The summed E-state index contributed by atoms with van der Waals surface area (Å²) in [6.07, 6.45) is 1.98. The Labute approximate surface area is 138 Å². The maximum atomic E-state index is 6.17. The number of nitrogens with two attached hydrogens (primary N) is 1. The largest absolute Gasteiger partial charge is 0.494 e. The molecule has 1 aromatic rings. The van der Waals surface area contributed by atoms with E-state index in [1.807, 2.05) is 45.9 Å². The highest BCUT2D eigenvalue weighted by Gasteiger charge is 2.51. The zero-order valence-electron chi connectivity index (χ0n) is 14.4. The number of hydrogen-bond acceptors (Lipinski definition) is 5. The summed E-state index contributed by atoms with van der Waals surface area (Å²) in [5.74, 6) is 0.720. The predicted molar refractivity (Wildman–Crippen MR) is 91.0 cm³/mol. The standard InChI is InChI=1S/C17H26BNO4/c1-16(2)17(3,4)23-18(22-16)12-5-6-15(14(19)11-12)21-13-7-9-20-10-8-13/h5-6,11,13H,7-10,19H2,1-4H3. The first kappa shape index (κ1) is 16.6. The molecule has 0 aliphatic carbocycles. The van der Waals surface area contributed by atoms with Gasteiger partial charge in [-0.15, -0.1) is 0 Å². The Morgan fingerprint density at radius 3 is 2.26 bits per heavy atom. The second-order valence-corrected chi connectivity index (χ2v) is 7.32. The summed E-state index contributed by atoms with van der Waals surface area (Å²) < 4.78 is 23.5. The zero-order chi connectivity index (χ0) is 16.7. The number of anilines is 1. The van der Waals surface area contributed by atoms with Crippen molar-refractivity contribution in [3.05, 3.63) is 18.2 Å². The first-order valence-corrected chi connectivity index (χ1v) is 8.28. The lowest BCUT2D eigenvalue weighted by atomic mass is 9.79. The summed E-state index contributed by atoms with van der Waals surface area (Å²) in [5, 5.41) is 0. The Morgan fingerprint density at radius 1 is 1.09 bits per heavy atom. The average molecular weight is 319 g/mol. The SMILES string of the molecule is CC1(C)OB(c2ccc(OC3CCOCC3)c(N)c2)OC1(C)C. The van der Waals surface area contributed by atoms with Crippen LogP contribution in [0, 0.1) is 0 Å². The van der Waals surface area contributed by atoms with Gasteiger partial charge in [-0.2, -0.15) is 0 Å². The van der Waals surface area contributed by atoms with Crippen molar-refractivity contribution in [2.75, 3.05) is 18.9 Å². The molecule has 0 atom stereocenters. The summed E-state index contributed by atoms with van der Waals surface area (Å²) in [7, 11) is -0.403. The molecule has 0 saturated carbocycles. The van der Waals surface area contributed by atoms with Crippen LogP contribution in [0.2, 0.25) is 0 Å². The molecule has 3 rings (SSSR count). The van der Waals surface area contributed by atoms with Crippen molar-refractivity contribution in [1.82, 2.24) is 0 Å². The van der Waals surface area contributed by atoms with E-state index in [2.05, 4.69) is 0 Å². The molecule has 0 spiro atoms. The molecular weight excluding hydrogens is 293 g/mol. The number of hydrogen-bond donors (Lipinski definition) is 1. The summed E-state index contributed by atoms with van der Waals surface area (Å²) in [6, 6.07) is 5.76. The zero-order valence-corrected chi connectivity index (χ0v) is 14.4. The minimum atomic E-state index is -0.403. The number of ether oxygens (including phenoxy) is 2. The predicted octanol–water partition coefficient (Wildman–Crippen LogP) is 2.13. The van der Waals surface area contributed by atoms with Crippen LogP contribution in [-0.2, 0) is 14.0 Å². The van der Waals surface area contributed by atoms with Crippen molar-refractivity contribution in [2.45, 2.75) is 57.8 Å². The maximum absolute atomic E-state index is 6.17. The lowest BCUT2D eigenvalue weighted by Gasteiger charge is -2.32. The summed E-state index contributed by atoms with van der Waals surface area (Å²) >= 11 is 0. The molecule has 2 aliphatic rings. The van der Waals surface area contributed by atoms with E-state index >= 15 is 0 Å². The molecule has 1 aromatic carbocycles. The quantitative estimate of drug-likeness (QED) is 0.683. The van der Waals surface area contributed by atoms with Gasteiger partial charge in [0.2, 0.25) is 0 Å². The molecule has 6 heteroatoms. The fourth-order valence-electron chi connectivity index (χ4n) is 2.77. The molecule has 126 valence electrons. The normalized spacial score (nSPS) is 23.9. The molecule has 2 fully saturated rings. The lowest BCUT2D eigenvalue weighted by molar-refractivity contribution is 0.00578. The lowest BCUT2D eigenvalue weighted by Crippen LogP contribution is -2.41. The van der Waals surface area contributed by atoms with E-state index in [1.165, 1.54) is 0 Å². The van der Waals surface area contributed by atoms with E-state index in [0.29, 0.717) is 5.69 Å². The van der Waals surface area contributed by atoms with Gasteiger partial charge in [0.1, 0.15) is 11.9 Å². The van der Waals surface area contributed by atoms with Gasteiger partial charge in [0.15, 0.2) is 0 Å². The molecule has 2 aliphatic heterocycles. The Bertz CT molecular complexity index is 554. The molecule has 0 radical (unpaired) electrons. The number of benzene rings is 1. The highest BCUT2D eigenvalue weighted by Crippen LogP contribution is 2.37. The third-order valence-electron chi connectivity index (χ3n) is 5.02. The van der Waals surface area contributed by atoms with Crippen LogP contribution in [0.4, 0.5) is 5.69 Å². The maximum Gasteiger partial charge on any atom is 0.494 e. The molecule has 2 heterocycles. The summed E-state index contributed by atoms with van der Waals surface area (Å²) in [5.41, 5.74) is 6.99. The minimum Gasteiger partial charge on any atom is -0.488 e. The molecule has 2 N–H and O–H groups in total. The van der Waals surface area contributed by atoms with Crippen molar-refractivity contribution in [3.63, 3.8) is 0 Å².